The molecule has 0 fully saturated rings. The van der Waals surface area contributed by atoms with E-state index >= 15 is 0 Å². The molecule has 0 saturated heterocycles. The fourth-order valence-electron chi connectivity index (χ4n) is 3.41. The fraction of sp³-hybridized carbons (Fsp3) is 0.154. The van der Waals surface area contributed by atoms with Crippen LogP contribution in [0.2, 0.25) is 0 Å². The third-order valence-corrected chi connectivity index (χ3v) is 5.15. The Morgan fingerprint density at radius 2 is 1.44 bits per heavy atom. The largest absolute Gasteiger partial charge is 0.497 e. The minimum Gasteiger partial charge on any atom is -0.497 e. The molecule has 8 heteroatoms. The van der Waals surface area contributed by atoms with Crippen LogP contribution in [0.15, 0.2) is 65.1 Å². The molecule has 0 saturated carbocycles. The van der Waals surface area contributed by atoms with E-state index in [9.17, 15) is 4.39 Å². The van der Waals surface area contributed by atoms with Crippen LogP contribution in [0.4, 0.5) is 4.39 Å². The predicted octanol–water partition coefficient (Wildman–Crippen LogP) is 5.50. The highest BCUT2D eigenvalue weighted by molar-refractivity contribution is 5.90. The lowest BCUT2D eigenvalue weighted by atomic mass is 10.0. The highest BCUT2D eigenvalue weighted by atomic mass is 19.1. The van der Waals surface area contributed by atoms with Crippen LogP contribution in [0.1, 0.15) is 17.0 Å². The maximum absolute atomic E-state index is 13.3. The first-order valence-electron chi connectivity index (χ1n) is 10.3. The highest BCUT2D eigenvalue weighted by Crippen LogP contribution is 2.41. The number of aromatic nitrogens is 2. The van der Waals surface area contributed by atoms with Gasteiger partial charge < -0.3 is 23.4 Å². The van der Waals surface area contributed by atoms with Crippen LogP contribution in [-0.4, -0.2) is 38.6 Å². The smallest absolute Gasteiger partial charge is 0.248 e. The third-order valence-electron chi connectivity index (χ3n) is 5.15. The van der Waals surface area contributed by atoms with Crippen LogP contribution in [0, 0.1) is 5.82 Å². The molecule has 0 radical (unpaired) electrons. The molecule has 7 nitrogen and oxygen atoms in total. The average Bonchev–Trinajstić information content (AvgIpc) is 3.37. The van der Waals surface area contributed by atoms with Gasteiger partial charge in [-0.15, -0.1) is 10.2 Å². The van der Waals surface area contributed by atoms with E-state index in [1.165, 1.54) is 12.1 Å². The van der Waals surface area contributed by atoms with E-state index in [-0.39, 0.29) is 17.6 Å². The van der Waals surface area contributed by atoms with Crippen molar-refractivity contribution in [2.75, 3.05) is 28.4 Å². The molecule has 0 atom stereocenters. The van der Waals surface area contributed by atoms with E-state index in [1.807, 2.05) is 30.3 Å². The molecule has 0 bridgehead atoms. The lowest BCUT2D eigenvalue weighted by molar-refractivity contribution is 0.324. The van der Waals surface area contributed by atoms with E-state index < -0.39 is 0 Å². The van der Waals surface area contributed by atoms with Gasteiger partial charge >= 0.3 is 0 Å². The summed E-state index contributed by atoms with van der Waals surface area (Å²) in [6, 6.07) is 17.0. The van der Waals surface area contributed by atoms with Gasteiger partial charge in [0.2, 0.25) is 17.5 Å². The van der Waals surface area contributed by atoms with E-state index in [1.54, 1.807) is 52.7 Å². The first-order valence-corrected chi connectivity index (χ1v) is 10.3. The van der Waals surface area contributed by atoms with E-state index in [2.05, 4.69) is 10.2 Å². The lowest BCUT2D eigenvalue weighted by Gasteiger charge is -2.15. The molecule has 0 unspecified atom stereocenters. The van der Waals surface area contributed by atoms with Gasteiger partial charge in [-0.3, -0.25) is 0 Å². The summed E-state index contributed by atoms with van der Waals surface area (Å²) in [7, 11) is 6.25. The van der Waals surface area contributed by atoms with Gasteiger partial charge in [-0.1, -0.05) is 12.1 Å². The van der Waals surface area contributed by atoms with Gasteiger partial charge in [0.1, 0.15) is 11.6 Å². The summed E-state index contributed by atoms with van der Waals surface area (Å²) in [6.45, 7) is 0. The maximum Gasteiger partial charge on any atom is 0.248 e. The van der Waals surface area contributed by atoms with Crippen LogP contribution in [0.3, 0.4) is 0 Å². The Kier molecular flexibility index (Phi) is 6.77. The number of benzene rings is 3. The molecule has 3 aromatic carbocycles. The number of hydrogen-bond donors (Lipinski definition) is 0. The Morgan fingerprint density at radius 3 is 2.00 bits per heavy atom. The van der Waals surface area contributed by atoms with Crippen molar-refractivity contribution in [3.8, 4) is 34.5 Å². The first-order chi connectivity index (χ1) is 16.6. The summed E-state index contributed by atoms with van der Waals surface area (Å²) in [6.07, 6.45) is 1.90. The van der Waals surface area contributed by atoms with Crippen LogP contribution < -0.4 is 18.9 Å². The van der Waals surface area contributed by atoms with Crippen LogP contribution >= 0.6 is 0 Å². The molecule has 34 heavy (non-hydrogen) atoms. The molecule has 0 spiro atoms. The van der Waals surface area contributed by atoms with Crippen molar-refractivity contribution in [1.82, 2.24) is 10.2 Å². The van der Waals surface area contributed by atoms with Crippen LogP contribution in [0.5, 0.6) is 23.0 Å². The molecule has 0 N–H and O–H groups in total. The summed E-state index contributed by atoms with van der Waals surface area (Å²) in [5, 5.41) is 8.42. The second-order valence-corrected chi connectivity index (χ2v) is 7.16. The Bertz CT molecular complexity index is 1270. The molecule has 0 aliphatic heterocycles. The van der Waals surface area contributed by atoms with Gasteiger partial charge in [-0.25, -0.2) is 4.39 Å². The van der Waals surface area contributed by atoms with Crippen molar-refractivity contribution in [3.63, 3.8) is 0 Å². The fourth-order valence-corrected chi connectivity index (χ4v) is 3.41. The molecular formula is C26H23FN2O5. The van der Waals surface area contributed by atoms with Crippen molar-refractivity contribution < 1.29 is 27.8 Å². The molecule has 174 valence electrons. The molecule has 0 amide bonds. The Labute approximate surface area is 196 Å². The monoisotopic (exact) mass is 462 g/mol. The number of hydrogen-bond acceptors (Lipinski definition) is 7. The summed E-state index contributed by atoms with van der Waals surface area (Å²) in [5.41, 5.74) is 2.82. The number of rotatable bonds is 8. The normalized spacial score (nSPS) is 11.3. The maximum atomic E-state index is 13.3. The van der Waals surface area contributed by atoms with Gasteiger partial charge in [0, 0.05) is 11.1 Å². The second-order valence-electron chi connectivity index (χ2n) is 7.16. The van der Waals surface area contributed by atoms with Crippen molar-refractivity contribution >= 4 is 11.6 Å². The van der Waals surface area contributed by atoms with Crippen molar-refractivity contribution in [2.24, 2.45) is 0 Å². The SMILES string of the molecule is COc1ccc(/C=C(\c2cc(OC)c(OC)c(OC)c2)c2nnc(-c3ccc(F)cc3)o2)cc1. The number of methoxy groups -OCH3 is 4. The van der Waals surface area contributed by atoms with Gasteiger partial charge in [0.05, 0.1) is 28.4 Å². The van der Waals surface area contributed by atoms with E-state index in [4.69, 9.17) is 23.4 Å². The van der Waals surface area contributed by atoms with Crippen LogP contribution in [-0.2, 0) is 0 Å². The minimum atomic E-state index is -0.346. The number of nitrogens with zero attached hydrogens (tertiary/aromatic N) is 2. The summed E-state index contributed by atoms with van der Waals surface area (Å²) < 4.78 is 41.1. The van der Waals surface area contributed by atoms with Crippen molar-refractivity contribution in [2.45, 2.75) is 0 Å². The van der Waals surface area contributed by atoms with Crippen LogP contribution in [0.25, 0.3) is 23.1 Å². The van der Waals surface area contributed by atoms with Gasteiger partial charge in [-0.2, -0.15) is 0 Å². The first kappa shape index (κ1) is 22.8. The Morgan fingerprint density at radius 1 is 0.794 bits per heavy atom. The zero-order valence-electron chi connectivity index (χ0n) is 19.2. The van der Waals surface area contributed by atoms with Crippen molar-refractivity contribution in [3.05, 3.63) is 83.5 Å². The molecule has 4 aromatic rings. The van der Waals surface area contributed by atoms with Crippen molar-refractivity contribution in [1.29, 1.82) is 0 Å². The van der Waals surface area contributed by atoms with Gasteiger partial charge in [0.25, 0.3) is 0 Å². The predicted molar refractivity (Wildman–Crippen MR) is 126 cm³/mol. The topological polar surface area (TPSA) is 75.8 Å². The highest BCUT2D eigenvalue weighted by Gasteiger charge is 2.20. The number of halogens is 1. The lowest BCUT2D eigenvalue weighted by Crippen LogP contribution is -1.98. The summed E-state index contributed by atoms with van der Waals surface area (Å²) in [4.78, 5) is 0. The molecule has 0 aliphatic rings. The molecule has 1 aromatic heterocycles. The molecule has 4 rings (SSSR count). The van der Waals surface area contributed by atoms with E-state index in [0.717, 1.165) is 11.3 Å². The zero-order chi connectivity index (χ0) is 24.1. The number of ether oxygens (including phenoxy) is 4. The molecular weight excluding hydrogens is 439 g/mol. The minimum absolute atomic E-state index is 0.267. The van der Waals surface area contributed by atoms with Gasteiger partial charge in [-0.05, 0) is 65.7 Å². The Hall–Kier alpha value is -4.33. The molecule has 0 aliphatic carbocycles. The molecule has 1 heterocycles. The quantitative estimate of drug-likeness (QED) is 0.320. The standard InChI is InChI=1S/C26H23FN2O5/c1-30-20-11-5-16(6-12-20)13-21(18-14-22(31-2)24(33-4)23(15-18)32-3)26-29-28-25(34-26)17-7-9-19(27)10-8-17/h5-15H,1-4H3/b21-13+. The summed E-state index contributed by atoms with van der Waals surface area (Å²) in [5.74, 6) is 2.36. The van der Waals surface area contributed by atoms with E-state index in [0.29, 0.717) is 33.9 Å². The summed E-state index contributed by atoms with van der Waals surface area (Å²) >= 11 is 0. The third kappa shape index (κ3) is 4.71. The zero-order valence-corrected chi connectivity index (χ0v) is 19.2. The average molecular weight is 462 g/mol. The second kappa shape index (κ2) is 10.1. The Balaban J connectivity index is 1.86. The van der Waals surface area contributed by atoms with Gasteiger partial charge in [0.15, 0.2) is 11.5 Å².